The van der Waals surface area contributed by atoms with Crippen LogP contribution in [0.1, 0.15) is 12.8 Å². The summed E-state index contributed by atoms with van der Waals surface area (Å²) in [6.07, 6.45) is 1.75. The molecule has 0 saturated heterocycles. The Morgan fingerprint density at radius 2 is 2.11 bits per heavy atom. The predicted molar refractivity (Wildman–Crippen MR) is 34.0 cm³/mol. The summed E-state index contributed by atoms with van der Waals surface area (Å²) in [6, 6.07) is 0. The Kier molecular flexibility index (Phi) is 1.79. The van der Waals surface area contributed by atoms with Crippen molar-refractivity contribution in [3.8, 4) is 0 Å². The van der Waals surface area contributed by atoms with Gasteiger partial charge in [-0.25, -0.2) is 0 Å². The fraction of sp³-hybridized carbons (Fsp3) is 1.00. The van der Waals surface area contributed by atoms with Gasteiger partial charge in [0.15, 0.2) is 0 Å². The number of rotatable bonds is 3. The highest BCUT2D eigenvalue weighted by Gasteiger charge is 2.52. The third-order valence-corrected chi connectivity index (χ3v) is 1.87. The molecule has 0 aromatic heterocycles. The molecule has 0 atom stereocenters. The molecule has 52 valence electrons. The molecule has 0 aromatic carbocycles. The van der Waals surface area contributed by atoms with Crippen LogP contribution in [0.25, 0.3) is 0 Å². The molecule has 3 nitrogen and oxygen atoms in total. The lowest BCUT2D eigenvalue weighted by Crippen LogP contribution is -2.25. The summed E-state index contributed by atoms with van der Waals surface area (Å²) in [5.74, 6) is 0. The lowest BCUT2D eigenvalue weighted by molar-refractivity contribution is 0.176. The number of methoxy groups -OCH3 is 1. The fourth-order valence-corrected chi connectivity index (χ4v) is 0.925. The van der Waals surface area contributed by atoms with Gasteiger partial charge in [-0.2, -0.15) is 0 Å². The topological polar surface area (TPSA) is 49.7 Å². The lowest BCUT2D eigenvalue weighted by atomic mass is 9.69. The van der Waals surface area contributed by atoms with Crippen molar-refractivity contribution in [3.63, 3.8) is 0 Å². The molecule has 0 aliphatic heterocycles. The molecule has 0 radical (unpaired) electrons. The van der Waals surface area contributed by atoms with Crippen LogP contribution in [0.5, 0.6) is 0 Å². The van der Waals surface area contributed by atoms with Gasteiger partial charge in [-0.1, -0.05) is 0 Å². The van der Waals surface area contributed by atoms with Crippen molar-refractivity contribution in [2.24, 2.45) is 0 Å². The van der Waals surface area contributed by atoms with E-state index in [1.54, 1.807) is 7.11 Å². The van der Waals surface area contributed by atoms with Crippen LogP contribution in [-0.4, -0.2) is 30.9 Å². The molecule has 1 rings (SSSR count). The molecular formula is C5H11BO3. The Morgan fingerprint density at radius 1 is 1.56 bits per heavy atom. The predicted octanol–water partition coefficient (Wildman–Crippen LogP) is -0.360. The molecule has 0 amide bonds. The minimum Gasteiger partial charge on any atom is -0.427 e. The second kappa shape index (κ2) is 2.29. The first kappa shape index (κ1) is 7.06. The summed E-state index contributed by atoms with van der Waals surface area (Å²) in [5, 5.41) is 17.2. The zero-order valence-electron chi connectivity index (χ0n) is 5.50. The highest BCUT2D eigenvalue weighted by molar-refractivity contribution is 6.47. The van der Waals surface area contributed by atoms with Crippen molar-refractivity contribution in [3.05, 3.63) is 0 Å². The van der Waals surface area contributed by atoms with Gasteiger partial charge in [0.05, 0.1) is 6.61 Å². The minimum atomic E-state index is -1.20. The maximum atomic E-state index is 8.75. The first-order valence-corrected chi connectivity index (χ1v) is 3.06. The summed E-state index contributed by atoms with van der Waals surface area (Å²) >= 11 is 0. The summed E-state index contributed by atoms with van der Waals surface area (Å²) in [4.78, 5) is 0. The van der Waals surface area contributed by atoms with Crippen molar-refractivity contribution < 1.29 is 14.8 Å². The first-order valence-electron chi connectivity index (χ1n) is 3.06. The van der Waals surface area contributed by atoms with Crippen LogP contribution in [0.2, 0.25) is 5.31 Å². The van der Waals surface area contributed by atoms with Gasteiger partial charge in [-0.05, 0) is 12.8 Å². The Hall–Kier alpha value is -0.0551. The molecule has 0 bridgehead atoms. The molecule has 0 unspecified atom stereocenters. The van der Waals surface area contributed by atoms with Gasteiger partial charge in [0.2, 0.25) is 0 Å². The molecule has 0 aromatic rings. The van der Waals surface area contributed by atoms with Crippen LogP contribution in [0.15, 0.2) is 0 Å². The quantitative estimate of drug-likeness (QED) is 0.513. The van der Waals surface area contributed by atoms with E-state index < -0.39 is 7.12 Å². The second-order valence-electron chi connectivity index (χ2n) is 2.67. The van der Waals surface area contributed by atoms with Crippen molar-refractivity contribution in [2.45, 2.75) is 18.2 Å². The Labute approximate surface area is 54.8 Å². The van der Waals surface area contributed by atoms with Gasteiger partial charge >= 0.3 is 7.12 Å². The molecular weight excluding hydrogens is 119 g/mol. The van der Waals surface area contributed by atoms with E-state index in [-0.39, 0.29) is 5.31 Å². The second-order valence-corrected chi connectivity index (χ2v) is 2.67. The van der Waals surface area contributed by atoms with Crippen molar-refractivity contribution in [2.75, 3.05) is 13.7 Å². The number of ether oxygens (including phenoxy) is 1. The summed E-state index contributed by atoms with van der Waals surface area (Å²) in [5.41, 5.74) is 0. The van der Waals surface area contributed by atoms with Crippen LogP contribution < -0.4 is 0 Å². The lowest BCUT2D eigenvalue weighted by Gasteiger charge is -2.10. The number of hydrogen-bond acceptors (Lipinski definition) is 3. The average Bonchev–Trinajstić information content (AvgIpc) is 2.49. The van der Waals surface area contributed by atoms with E-state index in [1.165, 1.54) is 0 Å². The zero-order chi connectivity index (χ0) is 6.91. The van der Waals surface area contributed by atoms with Gasteiger partial charge in [0, 0.05) is 12.4 Å². The largest absolute Gasteiger partial charge is 0.460 e. The number of hydrogen-bond donors (Lipinski definition) is 2. The van der Waals surface area contributed by atoms with E-state index in [2.05, 4.69) is 0 Å². The Bertz CT molecular complexity index is 100. The van der Waals surface area contributed by atoms with Crippen molar-refractivity contribution in [1.82, 2.24) is 0 Å². The molecule has 9 heavy (non-hydrogen) atoms. The maximum Gasteiger partial charge on any atom is 0.460 e. The van der Waals surface area contributed by atoms with Gasteiger partial charge in [-0.3, -0.25) is 0 Å². The highest BCUT2D eigenvalue weighted by atomic mass is 16.5. The minimum absolute atomic E-state index is 0.311. The average molecular weight is 130 g/mol. The van der Waals surface area contributed by atoms with Crippen LogP contribution in [-0.2, 0) is 4.74 Å². The Balaban J connectivity index is 2.33. The normalized spacial score (nSPS) is 21.7. The van der Waals surface area contributed by atoms with Gasteiger partial charge in [0.25, 0.3) is 0 Å². The summed E-state index contributed by atoms with van der Waals surface area (Å²) in [7, 11) is 0.375. The van der Waals surface area contributed by atoms with Gasteiger partial charge in [-0.15, -0.1) is 0 Å². The first-order chi connectivity index (χ1) is 4.21. The van der Waals surface area contributed by atoms with Crippen LogP contribution in [0.3, 0.4) is 0 Å². The third-order valence-electron chi connectivity index (χ3n) is 1.87. The monoisotopic (exact) mass is 130 g/mol. The molecule has 4 heteroatoms. The molecule has 0 heterocycles. The van der Waals surface area contributed by atoms with Crippen LogP contribution in [0.4, 0.5) is 0 Å². The van der Waals surface area contributed by atoms with Crippen LogP contribution >= 0.6 is 0 Å². The van der Waals surface area contributed by atoms with E-state index in [0.717, 1.165) is 12.8 Å². The molecule has 1 aliphatic rings. The molecule has 1 saturated carbocycles. The summed E-state index contributed by atoms with van der Waals surface area (Å²) < 4.78 is 4.81. The smallest absolute Gasteiger partial charge is 0.427 e. The summed E-state index contributed by atoms with van der Waals surface area (Å²) in [6.45, 7) is 0.463. The van der Waals surface area contributed by atoms with E-state index in [0.29, 0.717) is 6.61 Å². The van der Waals surface area contributed by atoms with E-state index in [9.17, 15) is 0 Å². The standard InChI is InChI=1S/C5H11BO3/c1-9-4-5(2-3-5)6(7)8/h7-8H,2-4H2,1H3. The third kappa shape index (κ3) is 1.26. The van der Waals surface area contributed by atoms with Crippen molar-refractivity contribution in [1.29, 1.82) is 0 Å². The fourth-order valence-electron chi connectivity index (χ4n) is 0.925. The van der Waals surface area contributed by atoms with E-state index in [4.69, 9.17) is 14.8 Å². The Morgan fingerprint density at radius 3 is 2.22 bits per heavy atom. The molecule has 2 N–H and O–H groups in total. The zero-order valence-corrected chi connectivity index (χ0v) is 5.50. The van der Waals surface area contributed by atoms with E-state index >= 15 is 0 Å². The molecule has 1 fully saturated rings. The van der Waals surface area contributed by atoms with Crippen molar-refractivity contribution >= 4 is 7.12 Å². The molecule has 1 aliphatic carbocycles. The van der Waals surface area contributed by atoms with Gasteiger partial charge < -0.3 is 14.8 Å². The molecule has 0 spiro atoms. The van der Waals surface area contributed by atoms with E-state index in [1.807, 2.05) is 0 Å². The SMILES string of the molecule is COCC1(B(O)O)CC1. The van der Waals surface area contributed by atoms with Gasteiger partial charge in [0.1, 0.15) is 0 Å². The van der Waals surface area contributed by atoms with Crippen LogP contribution in [0, 0.1) is 0 Å². The maximum absolute atomic E-state index is 8.75. The highest BCUT2D eigenvalue weighted by Crippen LogP contribution is 2.54.